The van der Waals surface area contributed by atoms with E-state index in [9.17, 15) is 4.79 Å². The molecule has 29 heavy (non-hydrogen) atoms. The first-order valence-electron chi connectivity index (χ1n) is 10.4. The quantitative estimate of drug-likeness (QED) is 0.666. The summed E-state index contributed by atoms with van der Waals surface area (Å²) < 4.78 is 7.91. The van der Waals surface area contributed by atoms with Crippen molar-refractivity contribution in [1.82, 2.24) is 19.9 Å². The predicted molar refractivity (Wildman–Crippen MR) is 114 cm³/mol. The molecule has 0 spiro atoms. The van der Waals surface area contributed by atoms with Gasteiger partial charge in [0.15, 0.2) is 5.82 Å². The van der Waals surface area contributed by atoms with Crippen LogP contribution >= 0.6 is 0 Å². The topological polar surface area (TPSA) is 95.1 Å². The number of nitrogens with two attached hydrogens (primary N) is 1. The van der Waals surface area contributed by atoms with Gasteiger partial charge in [0.2, 0.25) is 5.91 Å². The molecule has 0 bridgehead atoms. The molecule has 0 radical (unpaired) electrons. The Bertz CT molecular complexity index is 1040. The normalized spacial score (nSPS) is 16.3. The van der Waals surface area contributed by atoms with Crippen molar-refractivity contribution < 1.29 is 9.53 Å². The van der Waals surface area contributed by atoms with Crippen molar-refractivity contribution in [2.75, 3.05) is 12.3 Å². The Morgan fingerprint density at radius 3 is 2.72 bits per heavy atom. The van der Waals surface area contributed by atoms with Gasteiger partial charge in [0.25, 0.3) is 0 Å². The summed E-state index contributed by atoms with van der Waals surface area (Å²) in [6, 6.07) is 7.99. The highest BCUT2D eigenvalue weighted by molar-refractivity contribution is 6.06. The first-order valence-corrected chi connectivity index (χ1v) is 10.4. The van der Waals surface area contributed by atoms with Gasteiger partial charge < -0.3 is 20.4 Å². The lowest BCUT2D eigenvalue weighted by Gasteiger charge is -2.38. The standard InChI is InChI=1S/C22H29N5O2/c1-3-29-13-18-25-19-20(16-9-5-6-10-17(16)24-21(19)23)27(18)14-22(26-15(2)28)11-7-4-8-12-22/h5-6,9-10H,3-4,7-8,11-14H2,1-2H3,(H2,23,24)(H,26,28). The van der Waals surface area contributed by atoms with E-state index in [-0.39, 0.29) is 11.4 Å². The average Bonchev–Trinajstić information content (AvgIpc) is 3.05. The van der Waals surface area contributed by atoms with Crippen molar-refractivity contribution in [2.45, 2.75) is 64.6 Å². The second kappa shape index (κ2) is 7.99. The molecule has 1 aliphatic carbocycles. The number of fused-ring (bicyclic) bond motifs is 3. The van der Waals surface area contributed by atoms with E-state index >= 15 is 0 Å². The van der Waals surface area contributed by atoms with Crippen LogP contribution in [0.25, 0.3) is 21.9 Å². The number of carbonyl (C=O) groups excluding carboxylic acids is 1. The van der Waals surface area contributed by atoms with Gasteiger partial charge in [0, 0.05) is 25.5 Å². The summed E-state index contributed by atoms with van der Waals surface area (Å²) in [5.74, 6) is 1.25. The minimum atomic E-state index is -0.280. The maximum Gasteiger partial charge on any atom is 0.217 e. The highest BCUT2D eigenvalue weighted by atomic mass is 16.5. The van der Waals surface area contributed by atoms with Crippen LogP contribution in [0, 0.1) is 0 Å². The third kappa shape index (κ3) is 3.79. The fourth-order valence-corrected chi connectivity index (χ4v) is 4.61. The molecule has 3 aromatic rings. The number of aromatic nitrogens is 3. The number of anilines is 1. The molecular formula is C22H29N5O2. The molecule has 7 nitrogen and oxygen atoms in total. The lowest BCUT2D eigenvalue weighted by Crippen LogP contribution is -2.52. The number of nitrogens with zero attached hydrogens (tertiary/aromatic N) is 3. The summed E-state index contributed by atoms with van der Waals surface area (Å²) in [4.78, 5) is 21.4. The zero-order valence-corrected chi connectivity index (χ0v) is 17.2. The molecule has 4 rings (SSSR count). The maximum atomic E-state index is 12.0. The number of pyridine rings is 1. The molecular weight excluding hydrogens is 366 g/mol. The first-order chi connectivity index (χ1) is 14.0. The van der Waals surface area contributed by atoms with Crippen LogP contribution in [-0.2, 0) is 22.7 Å². The van der Waals surface area contributed by atoms with E-state index < -0.39 is 0 Å². The van der Waals surface area contributed by atoms with Gasteiger partial charge in [0.05, 0.1) is 16.6 Å². The van der Waals surface area contributed by atoms with Gasteiger partial charge in [0.1, 0.15) is 17.9 Å². The highest BCUT2D eigenvalue weighted by Gasteiger charge is 2.35. The second-order valence-electron chi connectivity index (χ2n) is 7.98. The molecule has 0 atom stereocenters. The minimum Gasteiger partial charge on any atom is -0.382 e. The Kier molecular flexibility index (Phi) is 5.41. The lowest BCUT2D eigenvalue weighted by molar-refractivity contribution is -0.121. The number of hydrogen-bond acceptors (Lipinski definition) is 5. The zero-order valence-electron chi connectivity index (χ0n) is 17.2. The van der Waals surface area contributed by atoms with E-state index in [1.165, 1.54) is 6.42 Å². The van der Waals surface area contributed by atoms with Crippen molar-refractivity contribution in [3.8, 4) is 0 Å². The summed E-state index contributed by atoms with van der Waals surface area (Å²) in [6.45, 7) is 5.22. The van der Waals surface area contributed by atoms with Gasteiger partial charge >= 0.3 is 0 Å². The van der Waals surface area contributed by atoms with Crippen LogP contribution < -0.4 is 11.1 Å². The molecule has 154 valence electrons. The predicted octanol–water partition coefficient (Wildman–Crippen LogP) is 3.54. The van der Waals surface area contributed by atoms with Crippen molar-refractivity contribution in [1.29, 1.82) is 0 Å². The number of hydrogen-bond donors (Lipinski definition) is 2. The van der Waals surface area contributed by atoms with Crippen molar-refractivity contribution in [2.24, 2.45) is 0 Å². The number of rotatable bonds is 6. The molecule has 1 amide bonds. The summed E-state index contributed by atoms with van der Waals surface area (Å²) in [5, 5.41) is 4.28. The second-order valence-corrected chi connectivity index (χ2v) is 7.98. The molecule has 1 aliphatic rings. The van der Waals surface area contributed by atoms with Gasteiger partial charge in [-0.2, -0.15) is 0 Å². The zero-order chi connectivity index (χ0) is 20.4. The number of nitrogen functional groups attached to an aromatic ring is 1. The molecule has 2 aromatic heterocycles. The van der Waals surface area contributed by atoms with Crippen molar-refractivity contribution >= 4 is 33.7 Å². The largest absolute Gasteiger partial charge is 0.382 e. The van der Waals surface area contributed by atoms with Crippen LogP contribution in [0.1, 0.15) is 51.8 Å². The Labute approximate surface area is 170 Å². The third-order valence-electron chi connectivity index (χ3n) is 5.84. The fourth-order valence-electron chi connectivity index (χ4n) is 4.61. The molecule has 1 fully saturated rings. The number of carbonyl (C=O) groups is 1. The molecule has 0 aliphatic heterocycles. The fraction of sp³-hybridized carbons (Fsp3) is 0.500. The number of benzene rings is 1. The number of imidazole rings is 1. The summed E-state index contributed by atoms with van der Waals surface area (Å²) in [6.07, 6.45) is 5.34. The smallest absolute Gasteiger partial charge is 0.217 e. The van der Waals surface area contributed by atoms with E-state index in [4.69, 9.17) is 15.5 Å². The molecule has 3 N–H and O–H groups in total. The van der Waals surface area contributed by atoms with E-state index in [0.29, 0.717) is 31.1 Å². The Morgan fingerprint density at radius 1 is 1.24 bits per heavy atom. The minimum absolute atomic E-state index is 0.00807. The number of nitrogens with one attached hydrogen (secondary N) is 1. The van der Waals surface area contributed by atoms with E-state index in [1.807, 2.05) is 25.1 Å². The van der Waals surface area contributed by atoms with Gasteiger partial charge in [-0.25, -0.2) is 9.97 Å². The molecule has 0 unspecified atom stereocenters. The molecule has 7 heteroatoms. The number of ether oxygens (including phenoxy) is 1. The number of amides is 1. The Morgan fingerprint density at radius 2 is 2.00 bits per heavy atom. The molecule has 0 saturated heterocycles. The average molecular weight is 396 g/mol. The molecule has 1 saturated carbocycles. The van der Waals surface area contributed by atoms with E-state index in [1.54, 1.807) is 6.92 Å². The van der Waals surface area contributed by atoms with Crippen LogP contribution in [0.3, 0.4) is 0 Å². The van der Waals surface area contributed by atoms with Crippen LogP contribution in [-0.4, -0.2) is 32.6 Å². The van der Waals surface area contributed by atoms with Gasteiger partial charge in [-0.05, 0) is 25.8 Å². The van der Waals surface area contributed by atoms with Crippen molar-refractivity contribution in [3.05, 3.63) is 30.1 Å². The van der Waals surface area contributed by atoms with Crippen LogP contribution in [0.2, 0.25) is 0 Å². The lowest BCUT2D eigenvalue weighted by atomic mass is 9.81. The Hall–Kier alpha value is -2.67. The van der Waals surface area contributed by atoms with Crippen LogP contribution in [0.15, 0.2) is 24.3 Å². The van der Waals surface area contributed by atoms with Crippen LogP contribution in [0.4, 0.5) is 5.82 Å². The van der Waals surface area contributed by atoms with E-state index in [2.05, 4.69) is 20.9 Å². The molecule has 2 heterocycles. The van der Waals surface area contributed by atoms with Crippen LogP contribution in [0.5, 0.6) is 0 Å². The summed E-state index contributed by atoms with van der Waals surface area (Å²) >= 11 is 0. The first kappa shape index (κ1) is 19.6. The SMILES string of the molecule is CCOCc1nc2c(N)nc3ccccc3c2n1CC1(NC(C)=O)CCCCC1. The third-order valence-corrected chi connectivity index (χ3v) is 5.84. The summed E-state index contributed by atoms with van der Waals surface area (Å²) in [5.41, 5.74) is 8.52. The van der Waals surface area contributed by atoms with Gasteiger partial charge in [-0.3, -0.25) is 4.79 Å². The van der Waals surface area contributed by atoms with E-state index in [0.717, 1.165) is 47.9 Å². The molecule has 1 aromatic carbocycles. The highest BCUT2D eigenvalue weighted by Crippen LogP contribution is 2.34. The van der Waals surface area contributed by atoms with Gasteiger partial charge in [-0.1, -0.05) is 37.5 Å². The summed E-state index contributed by atoms with van der Waals surface area (Å²) in [7, 11) is 0. The maximum absolute atomic E-state index is 12.0. The number of para-hydroxylation sites is 1. The Balaban J connectivity index is 1.91. The van der Waals surface area contributed by atoms with Gasteiger partial charge in [-0.15, -0.1) is 0 Å². The van der Waals surface area contributed by atoms with Crippen molar-refractivity contribution in [3.63, 3.8) is 0 Å². The monoisotopic (exact) mass is 395 g/mol.